The van der Waals surface area contributed by atoms with Gasteiger partial charge in [0.15, 0.2) is 0 Å². The van der Waals surface area contributed by atoms with Crippen molar-refractivity contribution in [2.45, 2.75) is 20.5 Å². The Morgan fingerprint density at radius 2 is 2.00 bits per heavy atom. The third-order valence-electron chi connectivity index (χ3n) is 2.73. The maximum atomic E-state index is 5.74. The summed E-state index contributed by atoms with van der Waals surface area (Å²) in [5.74, 6) is 1.37. The molecule has 0 radical (unpaired) electrons. The fourth-order valence-electron chi connectivity index (χ4n) is 1.79. The molecular formula is C16H20N2O2. The molecule has 0 atom stereocenters. The summed E-state index contributed by atoms with van der Waals surface area (Å²) in [6.45, 7) is 5.46. The zero-order valence-corrected chi connectivity index (χ0v) is 12.2. The SMILES string of the molecule is COCc1cc(-c2cccc(OCC(C)C)c2)ncn1. The summed E-state index contributed by atoms with van der Waals surface area (Å²) in [7, 11) is 1.65. The molecule has 0 N–H and O–H groups in total. The molecule has 0 saturated heterocycles. The van der Waals surface area contributed by atoms with Crippen molar-refractivity contribution in [1.29, 1.82) is 0 Å². The van der Waals surface area contributed by atoms with Gasteiger partial charge in [-0.3, -0.25) is 0 Å². The van der Waals surface area contributed by atoms with E-state index >= 15 is 0 Å². The van der Waals surface area contributed by atoms with Crippen LogP contribution in [0.2, 0.25) is 0 Å². The molecule has 1 aromatic heterocycles. The third kappa shape index (κ3) is 4.03. The average Bonchev–Trinajstić information content (AvgIpc) is 2.46. The minimum absolute atomic E-state index is 0.485. The summed E-state index contributed by atoms with van der Waals surface area (Å²) in [5.41, 5.74) is 2.76. The second kappa shape index (κ2) is 7.01. The average molecular weight is 272 g/mol. The first kappa shape index (κ1) is 14.5. The third-order valence-corrected chi connectivity index (χ3v) is 2.73. The van der Waals surface area contributed by atoms with Crippen molar-refractivity contribution in [2.75, 3.05) is 13.7 Å². The molecule has 0 saturated carbocycles. The van der Waals surface area contributed by atoms with E-state index in [4.69, 9.17) is 9.47 Å². The topological polar surface area (TPSA) is 44.2 Å². The minimum Gasteiger partial charge on any atom is -0.493 e. The van der Waals surface area contributed by atoms with Gasteiger partial charge < -0.3 is 9.47 Å². The molecule has 0 unspecified atom stereocenters. The molecule has 0 aliphatic rings. The Morgan fingerprint density at radius 3 is 2.75 bits per heavy atom. The van der Waals surface area contributed by atoms with E-state index in [1.807, 2.05) is 30.3 Å². The summed E-state index contributed by atoms with van der Waals surface area (Å²) >= 11 is 0. The molecule has 2 rings (SSSR count). The molecule has 0 aliphatic heterocycles. The van der Waals surface area contributed by atoms with E-state index in [1.165, 1.54) is 0 Å². The van der Waals surface area contributed by atoms with Gasteiger partial charge in [-0.25, -0.2) is 9.97 Å². The van der Waals surface area contributed by atoms with E-state index in [0.717, 1.165) is 22.7 Å². The molecule has 106 valence electrons. The molecule has 2 aromatic rings. The minimum atomic E-state index is 0.485. The largest absolute Gasteiger partial charge is 0.493 e. The zero-order chi connectivity index (χ0) is 14.4. The molecule has 0 spiro atoms. The molecule has 1 aromatic carbocycles. The number of hydrogen-bond donors (Lipinski definition) is 0. The maximum Gasteiger partial charge on any atom is 0.119 e. The fraction of sp³-hybridized carbons (Fsp3) is 0.375. The van der Waals surface area contributed by atoms with Crippen molar-refractivity contribution < 1.29 is 9.47 Å². The van der Waals surface area contributed by atoms with Gasteiger partial charge in [-0.15, -0.1) is 0 Å². The van der Waals surface area contributed by atoms with Crippen LogP contribution >= 0.6 is 0 Å². The van der Waals surface area contributed by atoms with Gasteiger partial charge in [0, 0.05) is 12.7 Å². The first-order chi connectivity index (χ1) is 9.69. The second-order valence-electron chi connectivity index (χ2n) is 5.06. The van der Waals surface area contributed by atoms with Crippen molar-refractivity contribution in [2.24, 2.45) is 5.92 Å². The van der Waals surface area contributed by atoms with Crippen LogP contribution in [0.15, 0.2) is 36.7 Å². The number of benzene rings is 1. The molecule has 4 heteroatoms. The number of aromatic nitrogens is 2. The Hall–Kier alpha value is -1.94. The lowest BCUT2D eigenvalue weighted by Crippen LogP contribution is -2.04. The van der Waals surface area contributed by atoms with Gasteiger partial charge in [0.05, 0.1) is 24.6 Å². The molecule has 20 heavy (non-hydrogen) atoms. The summed E-state index contributed by atoms with van der Waals surface area (Å²) in [6, 6.07) is 9.89. The predicted octanol–water partition coefficient (Wildman–Crippen LogP) is 3.32. The van der Waals surface area contributed by atoms with Crippen LogP contribution in [0.3, 0.4) is 0 Å². The second-order valence-corrected chi connectivity index (χ2v) is 5.06. The van der Waals surface area contributed by atoms with E-state index in [2.05, 4.69) is 23.8 Å². The van der Waals surface area contributed by atoms with Crippen LogP contribution < -0.4 is 4.74 Å². The Morgan fingerprint density at radius 1 is 1.15 bits per heavy atom. The van der Waals surface area contributed by atoms with Crippen LogP contribution in [-0.2, 0) is 11.3 Å². The molecular weight excluding hydrogens is 252 g/mol. The molecule has 0 bridgehead atoms. The maximum absolute atomic E-state index is 5.74. The van der Waals surface area contributed by atoms with Crippen LogP contribution in [0.4, 0.5) is 0 Å². The normalized spacial score (nSPS) is 10.8. The Labute approximate surface area is 119 Å². The lowest BCUT2D eigenvalue weighted by Gasteiger charge is -2.10. The number of rotatable bonds is 6. The molecule has 0 aliphatic carbocycles. The van der Waals surface area contributed by atoms with Crippen molar-refractivity contribution in [1.82, 2.24) is 9.97 Å². The van der Waals surface area contributed by atoms with Crippen LogP contribution in [-0.4, -0.2) is 23.7 Å². The summed E-state index contributed by atoms with van der Waals surface area (Å²) in [4.78, 5) is 8.48. The highest BCUT2D eigenvalue weighted by atomic mass is 16.5. The van der Waals surface area contributed by atoms with E-state index in [-0.39, 0.29) is 0 Å². The number of nitrogens with zero attached hydrogens (tertiary/aromatic N) is 2. The Kier molecular flexibility index (Phi) is 5.07. The van der Waals surface area contributed by atoms with Gasteiger partial charge >= 0.3 is 0 Å². The van der Waals surface area contributed by atoms with Gasteiger partial charge in [-0.2, -0.15) is 0 Å². The van der Waals surface area contributed by atoms with Gasteiger partial charge in [-0.1, -0.05) is 26.0 Å². The van der Waals surface area contributed by atoms with Gasteiger partial charge in [-0.05, 0) is 24.1 Å². The number of hydrogen-bond acceptors (Lipinski definition) is 4. The number of methoxy groups -OCH3 is 1. The van der Waals surface area contributed by atoms with Crippen molar-refractivity contribution in [3.8, 4) is 17.0 Å². The first-order valence-electron chi connectivity index (χ1n) is 6.72. The van der Waals surface area contributed by atoms with E-state index in [0.29, 0.717) is 19.1 Å². The van der Waals surface area contributed by atoms with E-state index in [1.54, 1.807) is 13.4 Å². The monoisotopic (exact) mass is 272 g/mol. The molecule has 1 heterocycles. The van der Waals surface area contributed by atoms with Crippen LogP contribution in [0.5, 0.6) is 5.75 Å². The van der Waals surface area contributed by atoms with Gasteiger partial charge in [0.1, 0.15) is 12.1 Å². The lowest BCUT2D eigenvalue weighted by atomic mass is 10.1. The predicted molar refractivity (Wildman–Crippen MR) is 78.5 cm³/mol. The molecule has 0 fully saturated rings. The van der Waals surface area contributed by atoms with Crippen molar-refractivity contribution in [3.63, 3.8) is 0 Å². The quantitative estimate of drug-likeness (QED) is 0.809. The Bertz CT molecular complexity index is 556. The summed E-state index contributed by atoms with van der Waals surface area (Å²) in [5, 5.41) is 0. The van der Waals surface area contributed by atoms with Gasteiger partial charge in [0.2, 0.25) is 0 Å². The zero-order valence-electron chi connectivity index (χ0n) is 12.2. The first-order valence-corrected chi connectivity index (χ1v) is 6.72. The molecule has 4 nitrogen and oxygen atoms in total. The van der Waals surface area contributed by atoms with Crippen LogP contribution in [0, 0.1) is 5.92 Å². The fourth-order valence-corrected chi connectivity index (χ4v) is 1.79. The molecule has 0 amide bonds. The summed E-state index contributed by atoms with van der Waals surface area (Å²) in [6.07, 6.45) is 1.56. The highest BCUT2D eigenvalue weighted by Gasteiger charge is 2.04. The smallest absolute Gasteiger partial charge is 0.119 e. The van der Waals surface area contributed by atoms with Crippen molar-refractivity contribution >= 4 is 0 Å². The highest BCUT2D eigenvalue weighted by Crippen LogP contribution is 2.22. The number of ether oxygens (including phenoxy) is 2. The van der Waals surface area contributed by atoms with E-state index in [9.17, 15) is 0 Å². The highest BCUT2D eigenvalue weighted by molar-refractivity contribution is 5.61. The van der Waals surface area contributed by atoms with Crippen molar-refractivity contribution in [3.05, 3.63) is 42.4 Å². The standard InChI is InChI=1S/C16H20N2O2/c1-12(2)9-20-15-6-4-5-13(7-15)16-8-14(10-19-3)17-11-18-16/h4-8,11-12H,9-10H2,1-3H3. The van der Waals surface area contributed by atoms with Crippen LogP contribution in [0.25, 0.3) is 11.3 Å². The van der Waals surface area contributed by atoms with E-state index < -0.39 is 0 Å². The van der Waals surface area contributed by atoms with Crippen LogP contribution in [0.1, 0.15) is 19.5 Å². The lowest BCUT2D eigenvalue weighted by molar-refractivity contribution is 0.181. The van der Waals surface area contributed by atoms with Gasteiger partial charge in [0.25, 0.3) is 0 Å². The Balaban J connectivity index is 2.19. The summed E-state index contributed by atoms with van der Waals surface area (Å²) < 4.78 is 10.8.